The van der Waals surface area contributed by atoms with Gasteiger partial charge in [-0.2, -0.15) is 0 Å². The maximum Gasteiger partial charge on any atom is 0.224 e. The number of hydrogen-bond acceptors (Lipinski definition) is 3. The number of nitrogens with one attached hydrogen (secondary N) is 1. The molecule has 1 aromatic heterocycles. The van der Waals surface area contributed by atoms with Crippen LogP contribution in [0.5, 0.6) is 0 Å². The van der Waals surface area contributed by atoms with Crippen LogP contribution in [-0.2, 0) is 11.2 Å². The van der Waals surface area contributed by atoms with E-state index < -0.39 is 0 Å². The third-order valence-electron chi connectivity index (χ3n) is 1.63. The van der Waals surface area contributed by atoms with Gasteiger partial charge in [-0.3, -0.25) is 4.79 Å². The third-order valence-corrected chi connectivity index (χ3v) is 1.63. The van der Waals surface area contributed by atoms with Crippen molar-refractivity contribution < 1.29 is 4.79 Å². The molecule has 0 spiro atoms. The SMILES string of the molecule is CC.CCC(=O)Nc1cnc(CC)nc1. The van der Waals surface area contributed by atoms with Crippen LogP contribution in [0.2, 0.25) is 0 Å². The quantitative estimate of drug-likeness (QED) is 0.831. The van der Waals surface area contributed by atoms with E-state index >= 15 is 0 Å². The zero-order valence-electron chi connectivity index (χ0n) is 9.87. The van der Waals surface area contributed by atoms with Gasteiger partial charge in [0.2, 0.25) is 5.91 Å². The van der Waals surface area contributed by atoms with Gasteiger partial charge in [0.15, 0.2) is 0 Å². The smallest absolute Gasteiger partial charge is 0.224 e. The number of aryl methyl sites for hydroxylation is 1. The minimum absolute atomic E-state index is 0.0205. The zero-order valence-corrected chi connectivity index (χ0v) is 9.87. The topological polar surface area (TPSA) is 54.9 Å². The second-order valence-electron chi connectivity index (χ2n) is 2.64. The lowest BCUT2D eigenvalue weighted by Gasteiger charge is -2.02. The molecule has 15 heavy (non-hydrogen) atoms. The monoisotopic (exact) mass is 209 g/mol. The average Bonchev–Trinajstić information content (AvgIpc) is 2.32. The number of anilines is 1. The summed E-state index contributed by atoms with van der Waals surface area (Å²) in [5.74, 6) is 0.766. The summed E-state index contributed by atoms with van der Waals surface area (Å²) < 4.78 is 0. The summed E-state index contributed by atoms with van der Waals surface area (Å²) in [6.07, 6.45) is 4.52. The molecular formula is C11H19N3O. The average molecular weight is 209 g/mol. The highest BCUT2D eigenvalue weighted by Crippen LogP contribution is 2.03. The maximum atomic E-state index is 11.0. The third kappa shape index (κ3) is 5.10. The minimum atomic E-state index is -0.0205. The molecule has 84 valence electrons. The van der Waals surface area contributed by atoms with Crippen LogP contribution < -0.4 is 5.32 Å². The van der Waals surface area contributed by atoms with Crippen molar-refractivity contribution in [1.82, 2.24) is 9.97 Å². The van der Waals surface area contributed by atoms with Crippen LogP contribution in [0.1, 0.15) is 39.9 Å². The Labute approximate surface area is 91.1 Å². The van der Waals surface area contributed by atoms with E-state index in [1.165, 1.54) is 0 Å². The first-order valence-corrected chi connectivity index (χ1v) is 5.37. The molecule has 0 radical (unpaired) electrons. The van der Waals surface area contributed by atoms with Crippen LogP contribution in [0.25, 0.3) is 0 Å². The summed E-state index contributed by atoms with van der Waals surface area (Å²) in [7, 11) is 0. The zero-order chi connectivity index (χ0) is 11.7. The first-order valence-electron chi connectivity index (χ1n) is 5.37. The molecule has 0 fully saturated rings. The van der Waals surface area contributed by atoms with Crippen LogP contribution in [-0.4, -0.2) is 15.9 Å². The van der Waals surface area contributed by atoms with E-state index in [0.717, 1.165) is 12.2 Å². The van der Waals surface area contributed by atoms with Crippen LogP contribution in [0.3, 0.4) is 0 Å². The number of amides is 1. The van der Waals surface area contributed by atoms with Gasteiger partial charge in [-0.1, -0.05) is 27.7 Å². The Kier molecular flexibility index (Phi) is 7.14. The molecule has 0 unspecified atom stereocenters. The van der Waals surface area contributed by atoms with Gasteiger partial charge in [-0.15, -0.1) is 0 Å². The minimum Gasteiger partial charge on any atom is -0.323 e. The van der Waals surface area contributed by atoms with Crippen molar-refractivity contribution in [2.75, 3.05) is 5.32 Å². The van der Waals surface area contributed by atoms with Crippen molar-refractivity contribution in [2.24, 2.45) is 0 Å². The van der Waals surface area contributed by atoms with E-state index in [9.17, 15) is 4.79 Å². The molecule has 0 saturated heterocycles. The van der Waals surface area contributed by atoms with E-state index in [0.29, 0.717) is 12.1 Å². The fraction of sp³-hybridized carbons (Fsp3) is 0.545. The Bertz CT molecular complexity index is 282. The van der Waals surface area contributed by atoms with Crippen LogP contribution >= 0.6 is 0 Å². The lowest BCUT2D eigenvalue weighted by Crippen LogP contribution is -2.10. The standard InChI is InChI=1S/C9H13N3O.C2H6/c1-3-8-10-5-7(6-11-8)12-9(13)4-2;1-2/h5-6H,3-4H2,1-2H3,(H,12,13);1-2H3. The summed E-state index contributed by atoms with van der Waals surface area (Å²) in [4.78, 5) is 19.1. The van der Waals surface area contributed by atoms with Crippen molar-refractivity contribution >= 4 is 11.6 Å². The Morgan fingerprint density at radius 2 is 1.80 bits per heavy atom. The Morgan fingerprint density at radius 3 is 2.20 bits per heavy atom. The van der Waals surface area contributed by atoms with Crippen molar-refractivity contribution in [1.29, 1.82) is 0 Å². The second-order valence-corrected chi connectivity index (χ2v) is 2.64. The molecule has 0 atom stereocenters. The van der Waals surface area contributed by atoms with Crippen molar-refractivity contribution in [3.05, 3.63) is 18.2 Å². The molecule has 1 N–H and O–H groups in total. The van der Waals surface area contributed by atoms with Crippen LogP contribution in [0.4, 0.5) is 5.69 Å². The summed E-state index contributed by atoms with van der Waals surface area (Å²) >= 11 is 0. The fourth-order valence-corrected chi connectivity index (χ4v) is 0.851. The molecular weight excluding hydrogens is 190 g/mol. The Balaban J connectivity index is 0.000000921. The highest BCUT2D eigenvalue weighted by atomic mass is 16.1. The summed E-state index contributed by atoms with van der Waals surface area (Å²) in [6.45, 7) is 7.79. The molecule has 4 nitrogen and oxygen atoms in total. The van der Waals surface area contributed by atoms with E-state index in [-0.39, 0.29) is 5.91 Å². The molecule has 1 heterocycles. The lowest BCUT2D eigenvalue weighted by atomic mass is 10.4. The molecule has 0 bridgehead atoms. The largest absolute Gasteiger partial charge is 0.323 e. The first-order chi connectivity index (χ1) is 7.26. The summed E-state index contributed by atoms with van der Waals surface area (Å²) in [6, 6.07) is 0. The van der Waals surface area contributed by atoms with E-state index in [2.05, 4.69) is 15.3 Å². The molecule has 0 aliphatic rings. The number of aromatic nitrogens is 2. The number of nitrogens with zero attached hydrogens (tertiary/aromatic N) is 2. The molecule has 4 heteroatoms. The van der Waals surface area contributed by atoms with Gasteiger partial charge in [0.05, 0.1) is 18.1 Å². The van der Waals surface area contributed by atoms with E-state index in [1.807, 2.05) is 20.8 Å². The maximum absolute atomic E-state index is 11.0. The van der Waals surface area contributed by atoms with E-state index in [1.54, 1.807) is 19.3 Å². The molecule has 1 amide bonds. The van der Waals surface area contributed by atoms with Gasteiger partial charge in [-0.25, -0.2) is 9.97 Å². The fourth-order valence-electron chi connectivity index (χ4n) is 0.851. The normalized spacial score (nSPS) is 8.80. The van der Waals surface area contributed by atoms with Gasteiger partial charge < -0.3 is 5.32 Å². The molecule has 0 saturated carbocycles. The van der Waals surface area contributed by atoms with Gasteiger partial charge in [0.25, 0.3) is 0 Å². The molecule has 0 aliphatic carbocycles. The van der Waals surface area contributed by atoms with Crippen LogP contribution in [0.15, 0.2) is 12.4 Å². The number of rotatable bonds is 3. The first kappa shape index (κ1) is 13.5. The second kappa shape index (κ2) is 7.91. The number of carbonyl (C=O) groups excluding carboxylic acids is 1. The van der Waals surface area contributed by atoms with Crippen molar-refractivity contribution in [3.8, 4) is 0 Å². The molecule has 1 rings (SSSR count). The van der Waals surface area contributed by atoms with Gasteiger partial charge in [0.1, 0.15) is 5.82 Å². The predicted octanol–water partition coefficient (Wildman–Crippen LogP) is 2.41. The predicted molar refractivity (Wildman–Crippen MR) is 61.7 cm³/mol. The molecule has 0 aliphatic heterocycles. The van der Waals surface area contributed by atoms with Crippen LogP contribution in [0, 0.1) is 0 Å². The summed E-state index contributed by atoms with van der Waals surface area (Å²) in [5.41, 5.74) is 0.657. The molecule has 0 aromatic carbocycles. The van der Waals surface area contributed by atoms with Crippen molar-refractivity contribution in [3.63, 3.8) is 0 Å². The van der Waals surface area contributed by atoms with Gasteiger partial charge >= 0.3 is 0 Å². The highest BCUT2D eigenvalue weighted by Gasteiger charge is 1.99. The Hall–Kier alpha value is -1.45. The number of hydrogen-bond donors (Lipinski definition) is 1. The van der Waals surface area contributed by atoms with Crippen molar-refractivity contribution in [2.45, 2.75) is 40.5 Å². The summed E-state index contributed by atoms with van der Waals surface area (Å²) in [5, 5.41) is 2.68. The van der Waals surface area contributed by atoms with E-state index in [4.69, 9.17) is 0 Å². The number of carbonyl (C=O) groups is 1. The molecule has 1 aromatic rings. The van der Waals surface area contributed by atoms with Gasteiger partial charge in [-0.05, 0) is 0 Å². The highest BCUT2D eigenvalue weighted by molar-refractivity contribution is 5.90. The lowest BCUT2D eigenvalue weighted by molar-refractivity contribution is -0.115. The van der Waals surface area contributed by atoms with Gasteiger partial charge in [0, 0.05) is 12.8 Å². The Morgan fingerprint density at radius 1 is 1.27 bits per heavy atom.